The Hall–Kier alpha value is -2.94. The highest BCUT2D eigenvalue weighted by atomic mass is 16.8. The summed E-state index contributed by atoms with van der Waals surface area (Å²) in [6.45, 7) is 10.0. The molecule has 0 unspecified atom stereocenters. The lowest BCUT2D eigenvalue weighted by Gasteiger charge is -2.50. The first-order valence-corrected chi connectivity index (χ1v) is 12.2. The van der Waals surface area contributed by atoms with Gasteiger partial charge in [0, 0.05) is 6.54 Å². The number of likely N-dealkylation sites (tertiary alicyclic amines) is 1. The SMILES string of the molecule is COC(=O)[C@H](NC[C@]1(C(C)(C)C)[C@H]2OC(C)(C)O[C@H]2CN1C(=O)O)c1ccc(-c2ccccc2)cc1. The van der Waals surface area contributed by atoms with Crippen LogP contribution in [0.5, 0.6) is 0 Å². The van der Waals surface area contributed by atoms with Crippen LogP contribution >= 0.6 is 0 Å². The number of fused-ring (bicyclic) bond motifs is 1. The van der Waals surface area contributed by atoms with Crippen LogP contribution in [0.2, 0.25) is 0 Å². The van der Waals surface area contributed by atoms with Gasteiger partial charge in [0.25, 0.3) is 0 Å². The molecule has 8 nitrogen and oxygen atoms in total. The Bertz CT molecular complexity index is 1100. The predicted molar refractivity (Wildman–Crippen MR) is 135 cm³/mol. The number of amides is 1. The summed E-state index contributed by atoms with van der Waals surface area (Å²) in [5.74, 6) is -1.28. The van der Waals surface area contributed by atoms with Crippen LogP contribution in [0.25, 0.3) is 11.1 Å². The summed E-state index contributed by atoms with van der Waals surface area (Å²) in [7, 11) is 1.35. The van der Waals surface area contributed by atoms with E-state index >= 15 is 0 Å². The lowest BCUT2D eigenvalue weighted by atomic mass is 9.69. The molecule has 4 rings (SSSR count). The summed E-state index contributed by atoms with van der Waals surface area (Å²) in [5, 5.41) is 13.5. The molecule has 2 aliphatic rings. The topological polar surface area (TPSA) is 97.3 Å². The van der Waals surface area contributed by atoms with Gasteiger partial charge < -0.3 is 19.3 Å². The van der Waals surface area contributed by atoms with Gasteiger partial charge in [-0.15, -0.1) is 0 Å². The number of carboxylic acid groups (broad SMARTS) is 1. The van der Waals surface area contributed by atoms with E-state index in [2.05, 4.69) is 5.32 Å². The van der Waals surface area contributed by atoms with Gasteiger partial charge >= 0.3 is 12.1 Å². The standard InChI is InChI=1S/C28H36N2O6/c1-26(2,3)28(23-21(16-30(28)25(32)33)35-27(4,5)36-23)17-29-22(24(31)34-6)20-14-12-19(13-15-20)18-10-8-7-9-11-18/h7-15,21-23,29H,16-17H2,1-6H3,(H,32,33)/t21-,22+,23-,28+/m0/s1. The summed E-state index contributed by atoms with van der Waals surface area (Å²) < 4.78 is 17.5. The number of benzene rings is 2. The number of carbonyl (C=O) groups is 2. The van der Waals surface area contributed by atoms with Crippen molar-refractivity contribution in [3.05, 3.63) is 60.2 Å². The fourth-order valence-electron chi connectivity index (χ4n) is 5.62. The van der Waals surface area contributed by atoms with Crippen LogP contribution in [-0.4, -0.2) is 65.8 Å². The van der Waals surface area contributed by atoms with Crippen LogP contribution in [0.3, 0.4) is 0 Å². The fraction of sp³-hybridized carbons (Fsp3) is 0.500. The molecule has 0 saturated carbocycles. The second kappa shape index (κ2) is 9.50. The van der Waals surface area contributed by atoms with E-state index in [1.807, 2.05) is 89.2 Å². The van der Waals surface area contributed by atoms with Crippen LogP contribution in [0, 0.1) is 5.41 Å². The Kier molecular flexibility index (Phi) is 6.90. The van der Waals surface area contributed by atoms with E-state index < -0.39 is 47.1 Å². The number of nitrogens with one attached hydrogen (secondary N) is 1. The molecule has 2 N–H and O–H groups in total. The lowest BCUT2D eigenvalue weighted by molar-refractivity contribution is -0.180. The molecule has 2 heterocycles. The van der Waals surface area contributed by atoms with E-state index in [4.69, 9.17) is 14.2 Å². The molecule has 2 aromatic carbocycles. The molecule has 0 aromatic heterocycles. The molecule has 1 amide bonds. The molecule has 194 valence electrons. The van der Waals surface area contributed by atoms with Crippen molar-refractivity contribution in [1.29, 1.82) is 0 Å². The van der Waals surface area contributed by atoms with Crippen LogP contribution in [-0.2, 0) is 19.0 Å². The Balaban J connectivity index is 1.67. The minimum atomic E-state index is -1.05. The van der Waals surface area contributed by atoms with Crippen molar-refractivity contribution in [3.63, 3.8) is 0 Å². The van der Waals surface area contributed by atoms with E-state index in [0.717, 1.165) is 16.7 Å². The average molecular weight is 497 g/mol. The Morgan fingerprint density at radius 2 is 1.69 bits per heavy atom. The zero-order chi connectivity index (χ0) is 26.3. The normalized spacial score (nSPS) is 25.9. The molecule has 2 saturated heterocycles. The molecule has 2 aliphatic heterocycles. The Morgan fingerprint density at radius 1 is 1.08 bits per heavy atom. The van der Waals surface area contributed by atoms with Gasteiger partial charge in [-0.1, -0.05) is 75.4 Å². The first-order chi connectivity index (χ1) is 16.9. The van der Waals surface area contributed by atoms with E-state index in [1.54, 1.807) is 0 Å². The van der Waals surface area contributed by atoms with Gasteiger partial charge in [-0.2, -0.15) is 0 Å². The maximum absolute atomic E-state index is 12.9. The number of methoxy groups -OCH3 is 1. The molecule has 8 heteroatoms. The second-order valence-electron chi connectivity index (χ2n) is 11.0. The largest absolute Gasteiger partial charge is 0.468 e. The first-order valence-electron chi connectivity index (χ1n) is 12.2. The van der Waals surface area contributed by atoms with Crippen molar-refractivity contribution in [2.45, 2.75) is 64.2 Å². The number of hydrogen-bond acceptors (Lipinski definition) is 6. The molecule has 2 fully saturated rings. The van der Waals surface area contributed by atoms with Crippen LogP contribution in [0.4, 0.5) is 4.79 Å². The highest BCUT2D eigenvalue weighted by Crippen LogP contribution is 2.50. The second-order valence-corrected chi connectivity index (χ2v) is 11.0. The molecular formula is C28H36N2O6. The number of rotatable bonds is 6. The van der Waals surface area contributed by atoms with Crippen LogP contribution in [0.1, 0.15) is 46.2 Å². The molecule has 2 aromatic rings. The highest BCUT2D eigenvalue weighted by Gasteiger charge is 2.66. The van der Waals surface area contributed by atoms with Gasteiger partial charge in [-0.05, 0) is 36.0 Å². The smallest absolute Gasteiger partial charge is 0.408 e. The number of esters is 1. The molecule has 36 heavy (non-hydrogen) atoms. The third-order valence-corrected chi connectivity index (χ3v) is 7.39. The maximum atomic E-state index is 12.9. The average Bonchev–Trinajstić information content (AvgIpc) is 3.30. The van der Waals surface area contributed by atoms with Gasteiger partial charge in [0.1, 0.15) is 18.2 Å². The first kappa shape index (κ1) is 26.1. The minimum absolute atomic E-state index is 0.170. The summed E-state index contributed by atoms with van der Waals surface area (Å²) >= 11 is 0. The van der Waals surface area contributed by atoms with E-state index in [1.165, 1.54) is 12.0 Å². The van der Waals surface area contributed by atoms with Crippen LogP contribution < -0.4 is 5.32 Å². The molecule has 0 spiro atoms. The van der Waals surface area contributed by atoms with Crippen molar-refractivity contribution >= 4 is 12.1 Å². The quantitative estimate of drug-likeness (QED) is 0.570. The molecule has 0 aliphatic carbocycles. The third-order valence-electron chi connectivity index (χ3n) is 7.39. The van der Waals surface area contributed by atoms with Crippen molar-refractivity contribution < 1.29 is 28.9 Å². The van der Waals surface area contributed by atoms with Gasteiger partial charge in [-0.25, -0.2) is 9.59 Å². The summed E-state index contributed by atoms with van der Waals surface area (Å²) in [6.07, 6.45) is -1.96. The number of ether oxygens (including phenoxy) is 3. The van der Waals surface area contributed by atoms with Gasteiger partial charge in [0.15, 0.2) is 5.79 Å². The van der Waals surface area contributed by atoms with Gasteiger partial charge in [0.05, 0.1) is 19.2 Å². The Morgan fingerprint density at radius 3 is 2.25 bits per heavy atom. The maximum Gasteiger partial charge on any atom is 0.408 e. The van der Waals surface area contributed by atoms with Crippen molar-refractivity contribution in [2.75, 3.05) is 20.2 Å². The molecule has 4 atom stereocenters. The lowest BCUT2D eigenvalue weighted by Crippen LogP contribution is -2.66. The zero-order valence-electron chi connectivity index (χ0n) is 21.8. The highest BCUT2D eigenvalue weighted by molar-refractivity contribution is 5.78. The van der Waals surface area contributed by atoms with E-state index in [0.29, 0.717) is 0 Å². The van der Waals surface area contributed by atoms with E-state index in [-0.39, 0.29) is 13.1 Å². The van der Waals surface area contributed by atoms with Crippen molar-refractivity contribution in [1.82, 2.24) is 10.2 Å². The predicted octanol–water partition coefficient (Wildman–Crippen LogP) is 4.46. The van der Waals surface area contributed by atoms with Gasteiger partial charge in [0.2, 0.25) is 0 Å². The van der Waals surface area contributed by atoms with Crippen molar-refractivity contribution in [3.8, 4) is 11.1 Å². The summed E-state index contributed by atoms with van der Waals surface area (Å²) in [5.41, 5.74) is 1.30. The monoisotopic (exact) mass is 496 g/mol. The summed E-state index contributed by atoms with van der Waals surface area (Å²) in [4.78, 5) is 26.7. The van der Waals surface area contributed by atoms with Gasteiger partial charge in [-0.3, -0.25) is 10.2 Å². The fourth-order valence-corrected chi connectivity index (χ4v) is 5.62. The number of carbonyl (C=O) groups excluding carboxylic acids is 1. The molecule has 0 radical (unpaired) electrons. The van der Waals surface area contributed by atoms with Crippen molar-refractivity contribution in [2.24, 2.45) is 5.41 Å². The zero-order valence-corrected chi connectivity index (χ0v) is 21.8. The molecule has 0 bridgehead atoms. The number of nitrogens with zero attached hydrogens (tertiary/aromatic N) is 1. The minimum Gasteiger partial charge on any atom is -0.468 e. The Labute approximate surface area is 212 Å². The molecular weight excluding hydrogens is 460 g/mol. The van der Waals surface area contributed by atoms with E-state index in [9.17, 15) is 14.7 Å². The van der Waals surface area contributed by atoms with Crippen LogP contribution in [0.15, 0.2) is 54.6 Å². The third kappa shape index (κ3) is 4.61. The summed E-state index contributed by atoms with van der Waals surface area (Å²) in [6, 6.07) is 16.9. The number of hydrogen-bond donors (Lipinski definition) is 2.